The number of anilines is 1. The van der Waals surface area contributed by atoms with Crippen LogP contribution in [0.3, 0.4) is 0 Å². The summed E-state index contributed by atoms with van der Waals surface area (Å²) >= 11 is 0. The Kier molecular flexibility index (Phi) is 4.00. The Bertz CT molecular complexity index is 1380. The predicted octanol–water partition coefficient (Wildman–Crippen LogP) is 2.57. The molecule has 3 aromatic rings. The predicted molar refractivity (Wildman–Crippen MR) is 119 cm³/mol. The molecule has 0 bridgehead atoms. The van der Waals surface area contributed by atoms with Gasteiger partial charge in [-0.1, -0.05) is 18.2 Å². The fourth-order valence-electron chi connectivity index (χ4n) is 4.20. The summed E-state index contributed by atoms with van der Waals surface area (Å²) in [4.78, 5) is 21.5. The minimum Gasteiger partial charge on any atom is -0.382 e. The van der Waals surface area contributed by atoms with Gasteiger partial charge in [0.2, 0.25) is 10.0 Å². The molecule has 1 aliphatic heterocycles. The minimum atomic E-state index is -3.51. The highest BCUT2D eigenvalue weighted by molar-refractivity contribution is 7.89. The van der Waals surface area contributed by atoms with Crippen molar-refractivity contribution in [3.05, 3.63) is 59.8 Å². The van der Waals surface area contributed by atoms with Crippen LogP contribution in [0.5, 0.6) is 0 Å². The fourth-order valence-corrected chi connectivity index (χ4v) is 5.51. The maximum atomic E-state index is 12.4. The first kappa shape index (κ1) is 19.4. The standard InChI is InChI=1S/C23H21N5O3S/c24-21-20(14-3-8-17-18(11-14)23(9-10-23)27-22(17)29)26-19(12-25-21)13-1-6-16(7-2-13)32(30,31)28-15-4-5-15/h1-3,6-8,11-12,15,28H,4-5,9-10H2,(H2,24,25)(H,27,29). The number of carbonyl (C=O) groups is 1. The van der Waals surface area contributed by atoms with E-state index in [1.807, 2.05) is 18.2 Å². The number of nitrogens with one attached hydrogen (secondary N) is 2. The van der Waals surface area contributed by atoms with Crippen LogP contribution in [-0.4, -0.2) is 30.3 Å². The molecule has 2 aromatic carbocycles. The zero-order valence-electron chi connectivity index (χ0n) is 17.1. The van der Waals surface area contributed by atoms with Crippen LogP contribution in [0, 0.1) is 0 Å². The first-order valence-corrected chi connectivity index (χ1v) is 12.1. The van der Waals surface area contributed by atoms with Gasteiger partial charge in [-0.05, 0) is 55.5 Å². The fraction of sp³-hybridized carbons (Fsp3) is 0.261. The highest BCUT2D eigenvalue weighted by Gasteiger charge is 2.52. The number of amides is 1. The number of rotatable bonds is 5. The third kappa shape index (κ3) is 3.16. The molecule has 0 unspecified atom stereocenters. The number of nitrogens with two attached hydrogens (primary N) is 1. The van der Waals surface area contributed by atoms with Crippen LogP contribution in [0.15, 0.2) is 53.6 Å². The lowest BCUT2D eigenvalue weighted by Crippen LogP contribution is -2.25. The van der Waals surface area contributed by atoms with Gasteiger partial charge >= 0.3 is 0 Å². The molecular weight excluding hydrogens is 426 g/mol. The summed E-state index contributed by atoms with van der Waals surface area (Å²) in [6.45, 7) is 0. The van der Waals surface area contributed by atoms with Gasteiger partial charge in [0, 0.05) is 22.7 Å². The third-order valence-electron chi connectivity index (χ3n) is 6.32. The van der Waals surface area contributed by atoms with E-state index in [1.165, 1.54) is 0 Å². The van der Waals surface area contributed by atoms with E-state index in [1.54, 1.807) is 30.5 Å². The molecule has 2 saturated carbocycles. The number of sulfonamides is 1. The SMILES string of the molecule is Nc1ncc(-c2ccc(S(=O)(=O)NC3CC3)cc2)nc1-c1ccc2c(c1)C1(CC1)NC2=O. The van der Waals surface area contributed by atoms with Crippen molar-refractivity contribution in [2.75, 3.05) is 5.73 Å². The number of hydrogen-bond donors (Lipinski definition) is 3. The Labute approximate surface area is 185 Å². The number of carbonyl (C=O) groups excluding carboxylic acids is 1. The van der Waals surface area contributed by atoms with Crippen LogP contribution in [0.4, 0.5) is 5.82 Å². The summed E-state index contributed by atoms with van der Waals surface area (Å²) in [7, 11) is -3.51. The second-order valence-electron chi connectivity index (χ2n) is 8.71. The number of nitrogen functional groups attached to an aromatic ring is 1. The van der Waals surface area contributed by atoms with Gasteiger partial charge in [0.15, 0.2) is 0 Å². The maximum absolute atomic E-state index is 12.4. The summed E-state index contributed by atoms with van der Waals surface area (Å²) < 4.78 is 27.5. The molecule has 3 aliphatic rings. The van der Waals surface area contributed by atoms with Crippen molar-refractivity contribution < 1.29 is 13.2 Å². The highest BCUT2D eigenvalue weighted by atomic mass is 32.2. The summed E-state index contributed by atoms with van der Waals surface area (Å²) in [5.41, 5.74) is 10.3. The average molecular weight is 448 g/mol. The molecule has 0 radical (unpaired) electrons. The first-order chi connectivity index (χ1) is 15.3. The smallest absolute Gasteiger partial charge is 0.252 e. The van der Waals surface area contributed by atoms with E-state index in [4.69, 9.17) is 10.7 Å². The van der Waals surface area contributed by atoms with Gasteiger partial charge in [-0.3, -0.25) is 4.79 Å². The van der Waals surface area contributed by atoms with Crippen molar-refractivity contribution in [2.24, 2.45) is 0 Å². The summed E-state index contributed by atoms with van der Waals surface area (Å²) in [5, 5.41) is 3.07. The van der Waals surface area contributed by atoms with Gasteiger partial charge in [-0.2, -0.15) is 0 Å². The van der Waals surface area contributed by atoms with E-state index in [9.17, 15) is 13.2 Å². The van der Waals surface area contributed by atoms with Gasteiger partial charge in [0.05, 0.1) is 22.3 Å². The molecular formula is C23H21N5O3S. The van der Waals surface area contributed by atoms with E-state index >= 15 is 0 Å². The van der Waals surface area contributed by atoms with Crippen LogP contribution >= 0.6 is 0 Å². The molecule has 8 nitrogen and oxygen atoms in total. The molecule has 1 spiro atoms. The van der Waals surface area contributed by atoms with Gasteiger partial charge < -0.3 is 11.1 Å². The topological polar surface area (TPSA) is 127 Å². The van der Waals surface area contributed by atoms with Crippen LogP contribution in [0.2, 0.25) is 0 Å². The monoisotopic (exact) mass is 447 g/mol. The Morgan fingerprint density at radius 2 is 1.78 bits per heavy atom. The Morgan fingerprint density at radius 3 is 2.47 bits per heavy atom. The second-order valence-corrected chi connectivity index (χ2v) is 10.4. The number of hydrogen-bond acceptors (Lipinski definition) is 6. The molecule has 2 aliphatic carbocycles. The van der Waals surface area contributed by atoms with E-state index in [0.29, 0.717) is 22.8 Å². The van der Waals surface area contributed by atoms with Crippen molar-refractivity contribution in [3.63, 3.8) is 0 Å². The van der Waals surface area contributed by atoms with Gasteiger partial charge in [-0.25, -0.2) is 23.1 Å². The van der Waals surface area contributed by atoms with Crippen molar-refractivity contribution in [3.8, 4) is 22.5 Å². The summed E-state index contributed by atoms with van der Waals surface area (Å²) in [6.07, 6.45) is 5.21. The molecule has 1 amide bonds. The zero-order chi connectivity index (χ0) is 22.1. The molecule has 162 valence electrons. The Balaban J connectivity index is 1.34. The van der Waals surface area contributed by atoms with Crippen molar-refractivity contribution in [2.45, 2.75) is 42.2 Å². The minimum absolute atomic E-state index is 0.0388. The lowest BCUT2D eigenvalue weighted by molar-refractivity contribution is 0.0952. The summed E-state index contributed by atoms with van der Waals surface area (Å²) in [6, 6.07) is 12.3. The van der Waals surface area contributed by atoms with Crippen LogP contribution < -0.4 is 15.8 Å². The average Bonchev–Trinajstić information content (AvgIpc) is 3.71. The molecule has 6 rings (SSSR count). The van der Waals surface area contributed by atoms with E-state index < -0.39 is 10.0 Å². The zero-order valence-corrected chi connectivity index (χ0v) is 17.9. The van der Waals surface area contributed by atoms with E-state index in [0.717, 1.165) is 42.4 Å². The van der Waals surface area contributed by atoms with E-state index in [2.05, 4.69) is 15.0 Å². The maximum Gasteiger partial charge on any atom is 0.252 e. The molecule has 9 heteroatoms. The van der Waals surface area contributed by atoms with Crippen LogP contribution in [0.25, 0.3) is 22.5 Å². The van der Waals surface area contributed by atoms with Crippen molar-refractivity contribution in [1.29, 1.82) is 0 Å². The van der Waals surface area contributed by atoms with Crippen LogP contribution in [0.1, 0.15) is 41.6 Å². The Hall–Kier alpha value is -3.30. The largest absolute Gasteiger partial charge is 0.382 e. The van der Waals surface area contributed by atoms with Crippen LogP contribution in [-0.2, 0) is 15.6 Å². The van der Waals surface area contributed by atoms with Gasteiger partial charge in [0.25, 0.3) is 5.91 Å². The van der Waals surface area contributed by atoms with Gasteiger partial charge in [0.1, 0.15) is 11.5 Å². The summed E-state index contributed by atoms with van der Waals surface area (Å²) in [5.74, 6) is 0.256. The number of fused-ring (bicyclic) bond motifs is 2. The van der Waals surface area contributed by atoms with Gasteiger partial charge in [-0.15, -0.1) is 0 Å². The molecule has 1 aromatic heterocycles. The quantitative estimate of drug-likeness (QED) is 0.552. The number of nitrogens with zero attached hydrogens (tertiary/aromatic N) is 2. The third-order valence-corrected chi connectivity index (χ3v) is 7.85. The lowest BCUT2D eigenvalue weighted by atomic mass is 9.98. The normalized spacial score (nSPS) is 18.4. The molecule has 2 fully saturated rings. The lowest BCUT2D eigenvalue weighted by Gasteiger charge is -2.12. The number of benzene rings is 2. The molecule has 0 atom stereocenters. The van der Waals surface area contributed by atoms with E-state index in [-0.39, 0.29) is 22.4 Å². The Morgan fingerprint density at radius 1 is 1.06 bits per heavy atom. The second kappa shape index (κ2) is 6.60. The molecule has 32 heavy (non-hydrogen) atoms. The van der Waals surface area contributed by atoms with Crippen molar-refractivity contribution >= 4 is 21.7 Å². The first-order valence-electron chi connectivity index (χ1n) is 10.6. The van der Waals surface area contributed by atoms with Crippen molar-refractivity contribution in [1.82, 2.24) is 20.0 Å². The molecule has 0 saturated heterocycles. The highest BCUT2D eigenvalue weighted by Crippen LogP contribution is 2.51. The molecule has 4 N–H and O–H groups in total. The number of aromatic nitrogens is 2. The molecule has 2 heterocycles.